The zero-order valence-corrected chi connectivity index (χ0v) is 13.2. The van der Waals surface area contributed by atoms with Gasteiger partial charge in [-0.1, -0.05) is 41.9 Å². The molecule has 0 aliphatic rings. The molecule has 0 saturated carbocycles. The Labute approximate surface area is 133 Å². The van der Waals surface area contributed by atoms with Gasteiger partial charge in [-0.15, -0.1) is 11.8 Å². The van der Waals surface area contributed by atoms with E-state index in [-0.39, 0.29) is 11.2 Å². The number of hydrogen-bond acceptors (Lipinski definition) is 3. The third kappa shape index (κ3) is 4.69. The smallest absolute Gasteiger partial charge is 0.237 e. The average Bonchev–Trinajstić information content (AvgIpc) is 2.49. The first-order valence-corrected chi connectivity index (χ1v) is 8.00. The molecule has 0 spiro atoms. The van der Waals surface area contributed by atoms with Gasteiger partial charge in [0.25, 0.3) is 0 Å². The average molecular weight is 321 g/mol. The number of nitrogens with one attached hydrogen (secondary N) is 1. The lowest BCUT2D eigenvalue weighted by molar-refractivity contribution is -0.115. The number of hydrogen-bond donors (Lipinski definition) is 2. The molecule has 2 aromatic carbocycles. The lowest BCUT2D eigenvalue weighted by atomic mass is 10.2. The van der Waals surface area contributed by atoms with Crippen LogP contribution in [-0.4, -0.2) is 11.2 Å². The number of thioether (sulfide) groups is 1. The van der Waals surface area contributed by atoms with E-state index in [4.69, 9.17) is 17.3 Å². The second-order valence-corrected chi connectivity index (χ2v) is 6.43. The summed E-state index contributed by atoms with van der Waals surface area (Å²) in [5, 5.41) is 3.19. The Hall–Kier alpha value is -1.65. The Bertz CT molecular complexity index is 619. The largest absolute Gasteiger partial charge is 0.397 e. The van der Waals surface area contributed by atoms with Crippen LogP contribution in [0.5, 0.6) is 0 Å². The zero-order valence-electron chi connectivity index (χ0n) is 11.7. The van der Waals surface area contributed by atoms with Crippen LogP contribution in [0.25, 0.3) is 0 Å². The van der Waals surface area contributed by atoms with Gasteiger partial charge in [0.15, 0.2) is 0 Å². The van der Waals surface area contributed by atoms with Crippen LogP contribution in [0.4, 0.5) is 11.4 Å². The van der Waals surface area contributed by atoms with E-state index in [1.54, 1.807) is 30.0 Å². The molecule has 0 fully saturated rings. The number of nitrogens with two attached hydrogens (primary N) is 1. The Kier molecular flexibility index (Phi) is 5.53. The van der Waals surface area contributed by atoms with Crippen molar-refractivity contribution in [3.05, 3.63) is 59.1 Å². The van der Waals surface area contributed by atoms with Crippen LogP contribution in [0, 0.1) is 0 Å². The van der Waals surface area contributed by atoms with Crippen LogP contribution in [0.3, 0.4) is 0 Å². The summed E-state index contributed by atoms with van der Waals surface area (Å²) in [5.74, 6) is 0.713. The van der Waals surface area contributed by atoms with Gasteiger partial charge in [0, 0.05) is 10.8 Å². The van der Waals surface area contributed by atoms with E-state index in [0.29, 0.717) is 16.4 Å². The second kappa shape index (κ2) is 7.38. The zero-order chi connectivity index (χ0) is 15.2. The van der Waals surface area contributed by atoms with Crippen LogP contribution in [0.15, 0.2) is 48.5 Å². The lowest BCUT2D eigenvalue weighted by Crippen LogP contribution is -2.23. The van der Waals surface area contributed by atoms with Gasteiger partial charge in [0.05, 0.1) is 16.6 Å². The summed E-state index contributed by atoms with van der Waals surface area (Å²) >= 11 is 7.49. The number of carbonyl (C=O) groups excluding carboxylic acids is 1. The molecule has 0 bridgehead atoms. The van der Waals surface area contributed by atoms with Crippen LogP contribution in [0.1, 0.15) is 12.5 Å². The van der Waals surface area contributed by atoms with Gasteiger partial charge >= 0.3 is 0 Å². The van der Waals surface area contributed by atoms with Crippen molar-refractivity contribution >= 4 is 40.6 Å². The van der Waals surface area contributed by atoms with Gasteiger partial charge < -0.3 is 11.1 Å². The summed E-state index contributed by atoms with van der Waals surface area (Å²) in [5.41, 5.74) is 8.08. The monoisotopic (exact) mass is 320 g/mol. The summed E-state index contributed by atoms with van der Waals surface area (Å²) in [6.07, 6.45) is 0. The Morgan fingerprint density at radius 2 is 2.00 bits per heavy atom. The van der Waals surface area contributed by atoms with Crippen molar-refractivity contribution in [3.8, 4) is 0 Å². The molecule has 2 aromatic rings. The van der Waals surface area contributed by atoms with Crippen molar-refractivity contribution in [1.82, 2.24) is 0 Å². The fourth-order valence-corrected chi connectivity index (χ4v) is 2.76. The van der Waals surface area contributed by atoms with Crippen molar-refractivity contribution < 1.29 is 4.79 Å². The molecular weight excluding hydrogens is 304 g/mol. The summed E-state index contributed by atoms with van der Waals surface area (Å²) in [6.45, 7) is 1.88. The molecule has 21 heavy (non-hydrogen) atoms. The van der Waals surface area contributed by atoms with Gasteiger partial charge in [-0.25, -0.2) is 0 Å². The van der Waals surface area contributed by atoms with E-state index in [0.717, 1.165) is 5.75 Å². The number of amides is 1. The molecule has 1 amide bonds. The molecule has 1 unspecified atom stereocenters. The molecule has 0 aliphatic carbocycles. The molecular formula is C16H17ClN2OS. The number of benzene rings is 2. The van der Waals surface area contributed by atoms with Crippen LogP contribution in [0.2, 0.25) is 5.02 Å². The van der Waals surface area contributed by atoms with E-state index in [2.05, 4.69) is 5.32 Å². The maximum atomic E-state index is 12.2. The first kappa shape index (κ1) is 15.7. The first-order chi connectivity index (χ1) is 10.1. The van der Waals surface area contributed by atoms with E-state index >= 15 is 0 Å². The predicted molar refractivity (Wildman–Crippen MR) is 91.7 cm³/mol. The molecule has 1 atom stereocenters. The van der Waals surface area contributed by atoms with E-state index in [1.165, 1.54) is 5.56 Å². The van der Waals surface area contributed by atoms with Gasteiger partial charge in [-0.3, -0.25) is 4.79 Å². The molecule has 0 aliphatic heterocycles. The summed E-state index contributed by atoms with van der Waals surface area (Å²) < 4.78 is 0. The topological polar surface area (TPSA) is 55.1 Å². The van der Waals surface area contributed by atoms with Gasteiger partial charge in [0.2, 0.25) is 5.91 Å². The third-order valence-electron chi connectivity index (χ3n) is 2.99. The van der Waals surface area contributed by atoms with Crippen LogP contribution in [-0.2, 0) is 10.5 Å². The quantitative estimate of drug-likeness (QED) is 0.812. The normalized spacial score (nSPS) is 11.9. The van der Waals surface area contributed by atoms with E-state index in [1.807, 2.05) is 37.3 Å². The number of halogens is 1. The van der Waals surface area contributed by atoms with Crippen molar-refractivity contribution in [2.24, 2.45) is 0 Å². The highest BCUT2D eigenvalue weighted by molar-refractivity contribution is 7.99. The molecule has 110 valence electrons. The Morgan fingerprint density at radius 3 is 2.71 bits per heavy atom. The minimum absolute atomic E-state index is 0.0788. The highest BCUT2D eigenvalue weighted by Crippen LogP contribution is 2.25. The Balaban J connectivity index is 1.92. The van der Waals surface area contributed by atoms with Crippen molar-refractivity contribution in [2.75, 3.05) is 11.1 Å². The summed E-state index contributed by atoms with van der Waals surface area (Å²) in [6, 6.07) is 15.1. The summed E-state index contributed by atoms with van der Waals surface area (Å²) in [7, 11) is 0. The van der Waals surface area contributed by atoms with E-state index < -0.39 is 0 Å². The van der Waals surface area contributed by atoms with Gasteiger partial charge in [-0.05, 0) is 30.7 Å². The number of anilines is 2. The fraction of sp³-hybridized carbons (Fsp3) is 0.188. The minimum Gasteiger partial charge on any atom is -0.397 e. The summed E-state index contributed by atoms with van der Waals surface area (Å²) in [4.78, 5) is 12.2. The molecule has 0 heterocycles. The predicted octanol–water partition coefficient (Wildman–Crippen LogP) is 4.18. The third-order valence-corrected chi connectivity index (χ3v) is 4.43. The Morgan fingerprint density at radius 1 is 1.29 bits per heavy atom. The second-order valence-electron chi connectivity index (χ2n) is 4.66. The molecule has 2 rings (SSSR count). The minimum atomic E-state index is -0.177. The van der Waals surface area contributed by atoms with Crippen LogP contribution < -0.4 is 11.1 Å². The van der Waals surface area contributed by atoms with Crippen LogP contribution >= 0.6 is 23.4 Å². The highest BCUT2D eigenvalue weighted by Gasteiger charge is 2.14. The number of carbonyl (C=O) groups is 1. The molecule has 3 N–H and O–H groups in total. The van der Waals surface area contributed by atoms with Gasteiger partial charge in [0.1, 0.15) is 0 Å². The number of rotatable bonds is 5. The fourth-order valence-electron chi connectivity index (χ4n) is 1.74. The lowest BCUT2D eigenvalue weighted by Gasteiger charge is -2.13. The number of nitrogen functional groups attached to an aromatic ring is 1. The highest BCUT2D eigenvalue weighted by atomic mass is 35.5. The molecule has 0 aromatic heterocycles. The SMILES string of the molecule is CC(SCc1ccccc1)C(=O)Nc1cc(Cl)ccc1N. The maximum absolute atomic E-state index is 12.2. The maximum Gasteiger partial charge on any atom is 0.237 e. The first-order valence-electron chi connectivity index (χ1n) is 6.57. The van der Waals surface area contributed by atoms with Gasteiger partial charge in [-0.2, -0.15) is 0 Å². The molecule has 0 radical (unpaired) electrons. The standard InChI is InChI=1S/C16H17ClN2OS/c1-11(21-10-12-5-3-2-4-6-12)16(20)19-15-9-13(17)7-8-14(15)18/h2-9,11H,10,18H2,1H3,(H,19,20). The van der Waals surface area contributed by atoms with E-state index in [9.17, 15) is 4.79 Å². The van der Waals surface area contributed by atoms with Crippen molar-refractivity contribution in [3.63, 3.8) is 0 Å². The van der Waals surface area contributed by atoms with Crippen molar-refractivity contribution in [1.29, 1.82) is 0 Å². The van der Waals surface area contributed by atoms with Crippen molar-refractivity contribution in [2.45, 2.75) is 17.9 Å². The molecule has 3 nitrogen and oxygen atoms in total. The molecule has 0 saturated heterocycles. The molecule has 5 heteroatoms.